The molecule has 1 aromatic rings. The van der Waals surface area contributed by atoms with Gasteiger partial charge in [-0.05, 0) is 36.5 Å². The Morgan fingerprint density at radius 3 is 2.26 bits per heavy atom. The summed E-state index contributed by atoms with van der Waals surface area (Å²) in [5, 5.41) is 3.30. The zero-order chi connectivity index (χ0) is 21.1. The summed E-state index contributed by atoms with van der Waals surface area (Å²) in [7, 11) is 1.69. The van der Waals surface area contributed by atoms with E-state index in [1.165, 1.54) is 0 Å². The first-order chi connectivity index (χ1) is 13.2. The van der Waals surface area contributed by atoms with Crippen LogP contribution in [0.25, 0.3) is 0 Å². The summed E-state index contributed by atoms with van der Waals surface area (Å²) in [6.07, 6.45) is 2.23. The number of nitrogens with one attached hydrogen (secondary N) is 1. The summed E-state index contributed by atoms with van der Waals surface area (Å²) < 4.78 is 5.01. The third-order valence-corrected chi connectivity index (χ3v) is 4.06. The Bertz CT molecular complexity index is 455. The van der Waals surface area contributed by atoms with Crippen LogP contribution in [0.3, 0.4) is 0 Å². The molecule has 4 nitrogen and oxygen atoms in total. The SMILES string of the molecule is CC.CC.CC.COCCNCc1cccc(C(=O)N2CCC(C)CC2)c1. The maximum Gasteiger partial charge on any atom is 0.253 e. The highest BCUT2D eigenvalue weighted by atomic mass is 16.5. The highest BCUT2D eigenvalue weighted by Gasteiger charge is 2.21. The number of carbonyl (C=O) groups excluding carboxylic acids is 1. The Labute approximate surface area is 168 Å². The highest BCUT2D eigenvalue weighted by Crippen LogP contribution is 2.18. The largest absolute Gasteiger partial charge is 0.383 e. The normalized spacial score (nSPS) is 13.3. The van der Waals surface area contributed by atoms with Crippen molar-refractivity contribution in [2.75, 3.05) is 33.4 Å². The van der Waals surface area contributed by atoms with Crippen molar-refractivity contribution < 1.29 is 9.53 Å². The van der Waals surface area contributed by atoms with Gasteiger partial charge in [0.15, 0.2) is 0 Å². The molecule has 0 saturated carbocycles. The van der Waals surface area contributed by atoms with Crippen LogP contribution in [0.1, 0.15) is 77.2 Å². The van der Waals surface area contributed by atoms with Crippen molar-refractivity contribution >= 4 is 5.91 Å². The topological polar surface area (TPSA) is 41.6 Å². The molecule has 0 spiro atoms. The lowest BCUT2D eigenvalue weighted by Crippen LogP contribution is -2.37. The fourth-order valence-corrected chi connectivity index (χ4v) is 2.62. The van der Waals surface area contributed by atoms with Gasteiger partial charge in [-0.15, -0.1) is 0 Å². The summed E-state index contributed by atoms with van der Waals surface area (Å²) in [4.78, 5) is 14.5. The summed E-state index contributed by atoms with van der Waals surface area (Å²) in [6.45, 7) is 18.3. The Morgan fingerprint density at radius 1 is 1.11 bits per heavy atom. The van der Waals surface area contributed by atoms with Crippen molar-refractivity contribution in [3.63, 3.8) is 0 Å². The van der Waals surface area contributed by atoms with Crippen molar-refractivity contribution in [2.45, 2.75) is 67.9 Å². The number of hydrogen-bond acceptors (Lipinski definition) is 3. The lowest BCUT2D eigenvalue weighted by Gasteiger charge is -2.30. The summed E-state index contributed by atoms with van der Waals surface area (Å²) in [5.74, 6) is 0.908. The highest BCUT2D eigenvalue weighted by molar-refractivity contribution is 5.94. The first-order valence-corrected chi connectivity index (χ1v) is 10.8. The molecule has 1 saturated heterocycles. The molecule has 1 fully saturated rings. The van der Waals surface area contributed by atoms with Gasteiger partial charge in [0.25, 0.3) is 5.91 Å². The van der Waals surface area contributed by atoms with Crippen LogP contribution in [0, 0.1) is 5.92 Å². The maximum absolute atomic E-state index is 12.5. The molecule has 4 heteroatoms. The average molecular weight is 381 g/mol. The van der Waals surface area contributed by atoms with Gasteiger partial charge in [-0.25, -0.2) is 0 Å². The molecule has 1 aliphatic rings. The van der Waals surface area contributed by atoms with E-state index in [0.29, 0.717) is 6.61 Å². The number of amides is 1. The summed E-state index contributed by atoms with van der Waals surface area (Å²) in [5.41, 5.74) is 1.94. The molecule has 2 rings (SSSR count). The van der Waals surface area contributed by atoms with Crippen LogP contribution in [-0.4, -0.2) is 44.2 Å². The monoisotopic (exact) mass is 380 g/mol. The number of ether oxygens (including phenoxy) is 1. The summed E-state index contributed by atoms with van der Waals surface area (Å²) in [6, 6.07) is 7.93. The first-order valence-electron chi connectivity index (χ1n) is 10.8. The van der Waals surface area contributed by atoms with E-state index in [1.807, 2.05) is 64.6 Å². The predicted octanol–water partition coefficient (Wildman–Crippen LogP) is 5.37. The second-order valence-corrected chi connectivity index (χ2v) is 5.84. The van der Waals surface area contributed by atoms with E-state index in [1.54, 1.807) is 7.11 Å². The van der Waals surface area contributed by atoms with Gasteiger partial charge >= 0.3 is 0 Å². The zero-order valence-electron chi connectivity index (χ0n) is 19.1. The molecule has 27 heavy (non-hydrogen) atoms. The van der Waals surface area contributed by atoms with Gasteiger partial charge in [-0.3, -0.25) is 4.79 Å². The lowest BCUT2D eigenvalue weighted by atomic mass is 9.98. The fraction of sp³-hybridized carbons (Fsp3) is 0.696. The molecule has 1 heterocycles. The molecule has 158 valence electrons. The minimum Gasteiger partial charge on any atom is -0.383 e. The van der Waals surface area contributed by atoms with Crippen LogP contribution in [0.4, 0.5) is 0 Å². The van der Waals surface area contributed by atoms with Crippen molar-refractivity contribution in [1.82, 2.24) is 10.2 Å². The smallest absolute Gasteiger partial charge is 0.253 e. The third kappa shape index (κ3) is 11.8. The van der Waals surface area contributed by atoms with E-state index in [-0.39, 0.29) is 5.91 Å². The molecule has 0 atom stereocenters. The number of carbonyl (C=O) groups is 1. The molecule has 1 amide bonds. The minimum absolute atomic E-state index is 0.167. The van der Waals surface area contributed by atoms with Gasteiger partial charge in [0.1, 0.15) is 0 Å². The molecule has 1 N–H and O–H groups in total. The quantitative estimate of drug-likeness (QED) is 0.674. The molecular weight excluding hydrogens is 336 g/mol. The Balaban J connectivity index is 0. The molecule has 0 aliphatic carbocycles. The van der Waals surface area contributed by atoms with Crippen molar-refractivity contribution in [2.24, 2.45) is 5.92 Å². The number of piperidine rings is 1. The number of nitrogens with zero attached hydrogens (tertiary/aromatic N) is 1. The molecule has 1 aliphatic heterocycles. The predicted molar refractivity (Wildman–Crippen MR) is 118 cm³/mol. The van der Waals surface area contributed by atoms with Gasteiger partial charge < -0.3 is 15.0 Å². The van der Waals surface area contributed by atoms with E-state index in [9.17, 15) is 4.79 Å². The zero-order valence-corrected chi connectivity index (χ0v) is 19.1. The summed E-state index contributed by atoms with van der Waals surface area (Å²) >= 11 is 0. The van der Waals surface area contributed by atoms with Crippen LogP contribution in [-0.2, 0) is 11.3 Å². The van der Waals surface area contributed by atoms with Crippen LogP contribution in [0.15, 0.2) is 24.3 Å². The Hall–Kier alpha value is -1.39. The van der Waals surface area contributed by atoms with Crippen molar-refractivity contribution in [1.29, 1.82) is 0 Å². The number of benzene rings is 1. The molecule has 0 bridgehead atoms. The van der Waals surface area contributed by atoms with Crippen LogP contribution < -0.4 is 5.32 Å². The lowest BCUT2D eigenvalue weighted by molar-refractivity contribution is 0.0697. The number of likely N-dealkylation sites (tertiary alicyclic amines) is 1. The minimum atomic E-state index is 0.167. The molecule has 1 aromatic carbocycles. The third-order valence-electron chi connectivity index (χ3n) is 4.06. The number of rotatable bonds is 6. The van der Waals surface area contributed by atoms with Crippen LogP contribution >= 0.6 is 0 Å². The van der Waals surface area contributed by atoms with Crippen molar-refractivity contribution in [3.8, 4) is 0 Å². The molecule has 0 radical (unpaired) electrons. The Kier molecular flexibility index (Phi) is 20.0. The maximum atomic E-state index is 12.5. The molecule has 0 aromatic heterocycles. The Morgan fingerprint density at radius 2 is 1.70 bits per heavy atom. The van der Waals surface area contributed by atoms with Gasteiger partial charge in [-0.1, -0.05) is 60.6 Å². The van der Waals surface area contributed by atoms with Gasteiger partial charge in [0, 0.05) is 38.9 Å². The van der Waals surface area contributed by atoms with Crippen molar-refractivity contribution in [3.05, 3.63) is 35.4 Å². The standard InChI is InChI=1S/C17H26N2O2.3C2H6/c1-14-6-9-19(10-7-14)17(20)16-5-3-4-15(12-16)13-18-8-11-21-2;3*1-2/h3-5,12,14,18H,6-11,13H2,1-2H3;3*1-2H3. The van der Waals surface area contributed by atoms with E-state index in [2.05, 4.69) is 18.3 Å². The van der Waals surface area contributed by atoms with Gasteiger partial charge in [-0.2, -0.15) is 0 Å². The average Bonchev–Trinajstić information content (AvgIpc) is 2.76. The van der Waals surface area contributed by atoms with Gasteiger partial charge in [0.2, 0.25) is 0 Å². The second-order valence-electron chi connectivity index (χ2n) is 5.84. The van der Waals surface area contributed by atoms with Gasteiger partial charge in [0.05, 0.1) is 6.61 Å². The van der Waals surface area contributed by atoms with E-state index < -0.39 is 0 Å². The molecule has 0 unspecified atom stereocenters. The fourth-order valence-electron chi connectivity index (χ4n) is 2.62. The van der Waals surface area contributed by atoms with E-state index in [4.69, 9.17) is 4.74 Å². The van der Waals surface area contributed by atoms with Crippen LogP contribution in [0.2, 0.25) is 0 Å². The first kappa shape index (κ1) is 27.8. The van der Waals surface area contributed by atoms with E-state index in [0.717, 1.165) is 56.1 Å². The second kappa shape index (κ2) is 19.4. The van der Waals surface area contributed by atoms with E-state index >= 15 is 0 Å². The molecular formula is C23H44N2O2. The number of hydrogen-bond donors (Lipinski definition) is 1. The number of methoxy groups -OCH3 is 1. The van der Waals surface area contributed by atoms with Crippen LogP contribution in [0.5, 0.6) is 0 Å².